The maximum absolute atomic E-state index is 13.2. The Morgan fingerprint density at radius 1 is 1.42 bits per heavy atom. The molecule has 2 aliphatic heterocycles. The van der Waals surface area contributed by atoms with Crippen LogP contribution in [0.15, 0.2) is 24.3 Å². The first-order valence-electron chi connectivity index (χ1n) is 9.69. The molecule has 1 aromatic rings. The number of likely N-dealkylation sites (tertiary alicyclic amines) is 1. The molecular formula is C20H30FN3O2. The summed E-state index contributed by atoms with van der Waals surface area (Å²) in [4.78, 5) is 14.8. The van der Waals surface area contributed by atoms with Crippen molar-refractivity contribution in [2.75, 3.05) is 39.8 Å². The molecule has 2 saturated heterocycles. The van der Waals surface area contributed by atoms with Crippen LogP contribution in [0.4, 0.5) is 4.39 Å². The van der Waals surface area contributed by atoms with Crippen molar-refractivity contribution in [1.29, 1.82) is 0 Å². The lowest BCUT2D eigenvalue weighted by Gasteiger charge is -2.29. The molecule has 1 unspecified atom stereocenters. The standard InChI is InChI=1S/C20H30FN3O2/c1-24-9-3-5-18(24)7-8-23-20(25)16-10-15(12-22-13-16)14-26-19-6-2-4-17(21)11-19/h2,4,6,11,15-16,18,22H,3,5,7-10,12-14H2,1H3,(H,23,25)/t15-,16+,18?/m0/s1. The van der Waals surface area contributed by atoms with E-state index < -0.39 is 0 Å². The molecule has 2 fully saturated rings. The smallest absolute Gasteiger partial charge is 0.224 e. The molecule has 1 amide bonds. The highest BCUT2D eigenvalue weighted by molar-refractivity contribution is 5.79. The van der Waals surface area contributed by atoms with E-state index in [1.54, 1.807) is 12.1 Å². The molecule has 0 saturated carbocycles. The molecule has 26 heavy (non-hydrogen) atoms. The van der Waals surface area contributed by atoms with E-state index in [-0.39, 0.29) is 23.6 Å². The van der Waals surface area contributed by atoms with Crippen molar-refractivity contribution in [1.82, 2.24) is 15.5 Å². The normalized spacial score (nSPS) is 26.6. The highest BCUT2D eigenvalue weighted by Crippen LogP contribution is 2.20. The van der Waals surface area contributed by atoms with Crippen molar-refractivity contribution in [3.05, 3.63) is 30.1 Å². The average molecular weight is 363 g/mol. The van der Waals surface area contributed by atoms with E-state index in [1.165, 1.54) is 25.0 Å². The van der Waals surface area contributed by atoms with Crippen LogP contribution in [-0.2, 0) is 4.79 Å². The van der Waals surface area contributed by atoms with Gasteiger partial charge in [0.2, 0.25) is 5.91 Å². The van der Waals surface area contributed by atoms with Crippen molar-refractivity contribution in [3.8, 4) is 5.75 Å². The van der Waals surface area contributed by atoms with Gasteiger partial charge in [0.15, 0.2) is 0 Å². The predicted molar refractivity (Wildman–Crippen MR) is 99.6 cm³/mol. The maximum atomic E-state index is 13.2. The summed E-state index contributed by atoms with van der Waals surface area (Å²) in [7, 11) is 2.16. The van der Waals surface area contributed by atoms with E-state index in [0.717, 1.165) is 32.5 Å². The zero-order valence-corrected chi connectivity index (χ0v) is 15.5. The van der Waals surface area contributed by atoms with E-state index in [9.17, 15) is 9.18 Å². The van der Waals surface area contributed by atoms with Crippen LogP contribution >= 0.6 is 0 Å². The lowest BCUT2D eigenvalue weighted by atomic mass is 9.90. The summed E-state index contributed by atoms with van der Waals surface area (Å²) in [5.74, 6) is 0.607. The van der Waals surface area contributed by atoms with Crippen molar-refractivity contribution >= 4 is 5.91 Å². The zero-order chi connectivity index (χ0) is 18.4. The van der Waals surface area contributed by atoms with Gasteiger partial charge in [0, 0.05) is 37.7 Å². The monoisotopic (exact) mass is 363 g/mol. The third-order valence-corrected chi connectivity index (χ3v) is 5.54. The Hall–Kier alpha value is -1.66. The number of benzene rings is 1. The van der Waals surface area contributed by atoms with Gasteiger partial charge in [-0.15, -0.1) is 0 Å². The second kappa shape index (κ2) is 9.33. The lowest BCUT2D eigenvalue weighted by molar-refractivity contribution is -0.126. The first-order chi connectivity index (χ1) is 12.6. The number of hydrogen-bond donors (Lipinski definition) is 2. The highest BCUT2D eigenvalue weighted by atomic mass is 19.1. The first kappa shape index (κ1) is 19.1. The number of piperidine rings is 1. The SMILES string of the molecule is CN1CCCC1CCNC(=O)[C@H]1CNC[C@@H](COc2cccc(F)c2)C1. The van der Waals surface area contributed by atoms with Gasteiger partial charge in [-0.1, -0.05) is 6.07 Å². The van der Waals surface area contributed by atoms with E-state index in [2.05, 4.69) is 22.6 Å². The minimum Gasteiger partial charge on any atom is -0.493 e. The molecule has 6 heteroatoms. The van der Waals surface area contributed by atoms with Crippen molar-refractivity contribution in [3.63, 3.8) is 0 Å². The van der Waals surface area contributed by atoms with Gasteiger partial charge in [0.05, 0.1) is 12.5 Å². The second-order valence-corrected chi connectivity index (χ2v) is 7.58. The number of ether oxygens (including phenoxy) is 1. The molecule has 2 aliphatic rings. The number of halogens is 1. The Kier molecular flexibility index (Phi) is 6.86. The highest BCUT2D eigenvalue weighted by Gasteiger charge is 2.28. The molecule has 2 N–H and O–H groups in total. The Labute approximate surface area is 155 Å². The van der Waals surface area contributed by atoms with Crippen LogP contribution in [0, 0.1) is 17.7 Å². The number of carbonyl (C=O) groups excluding carboxylic acids is 1. The number of carbonyl (C=O) groups is 1. The van der Waals surface area contributed by atoms with Crippen LogP contribution in [0.5, 0.6) is 5.75 Å². The summed E-state index contributed by atoms with van der Waals surface area (Å²) in [6.45, 7) is 3.94. The Morgan fingerprint density at radius 2 is 2.31 bits per heavy atom. The molecule has 3 atom stereocenters. The van der Waals surface area contributed by atoms with Crippen molar-refractivity contribution in [2.45, 2.75) is 31.7 Å². The van der Waals surface area contributed by atoms with Crippen LogP contribution in [0.1, 0.15) is 25.7 Å². The van der Waals surface area contributed by atoms with Crippen LogP contribution in [0.25, 0.3) is 0 Å². The number of rotatable bonds is 7. The fourth-order valence-corrected chi connectivity index (χ4v) is 3.98. The Balaban J connectivity index is 1.38. The van der Waals surface area contributed by atoms with Gasteiger partial charge in [-0.05, 0) is 51.4 Å². The van der Waals surface area contributed by atoms with Crippen molar-refractivity contribution < 1.29 is 13.9 Å². The molecule has 1 aromatic carbocycles. The Bertz CT molecular complexity index is 598. The molecule has 5 nitrogen and oxygen atoms in total. The number of hydrogen-bond acceptors (Lipinski definition) is 4. The second-order valence-electron chi connectivity index (χ2n) is 7.58. The molecule has 0 spiro atoms. The van der Waals surface area contributed by atoms with Gasteiger partial charge in [-0.25, -0.2) is 4.39 Å². The van der Waals surface area contributed by atoms with Crippen LogP contribution in [0.2, 0.25) is 0 Å². The lowest BCUT2D eigenvalue weighted by Crippen LogP contribution is -2.46. The van der Waals surface area contributed by atoms with Gasteiger partial charge in [0.1, 0.15) is 11.6 Å². The van der Waals surface area contributed by atoms with Gasteiger partial charge < -0.3 is 20.3 Å². The van der Waals surface area contributed by atoms with Crippen molar-refractivity contribution in [2.24, 2.45) is 11.8 Å². The molecule has 0 aliphatic carbocycles. The fraction of sp³-hybridized carbons (Fsp3) is 0.650. The summed E-state index contributed by atoms with van der Waals surface area (Å²) in [6.07, 6.45) is 4.32. The van der Waals surface area contributed by atoms with E-state index in [4.69, 9.17) is 4.74 Å². The third kappa shape index (κ3) is 5.42. The topological polar surface area (TPSA) is 53.6 Å². The molecule has 3 rings (SSSR count). The predicted octanol–water partition coefficient (Wildman–Crippen LogP) is 2.03. The van der Waals surface area contributed by atoms with Gasteiger partial charge in [-0.2, -0.15) is 0 Å². The van der Waals surface area contributed by atoms with E-state index in [1.807, 2.05) is 0 Å². The summed E-state index contributed by atoms with van der Waals surface area (Å²) in [6, 6.07) is 6.79. The number of nitrogens with zero attached hydrogens (tertiary/aromatic N) is 1. The minimum atomic E-state index is -0.297. The number of nitrogens with one attached hydrogen (secondary N) is 2. The van der Waals surface area contributed by atoms with Gasteiger partial charge in [0.25, 0.3) is 0 Å². The van der Waals surface area contributed by atoms with Crippen LogP contribution in [-0.4, -0.2) is 56.7 Å². The van der Waals surface area contributed by atoms with Crippen LogP contribution < -0.4 is 15.4 Å². The van der Waals surface area contributed by atoms with Gasteiger partial charge >= 0.3 is 0 Å². The summed E-state index contributed by atoms with van der Waals surface area (Å²) in [5.41, 5.74) is 0. The first-order valence-corrected chi connectivity index (χ1v) is 9.69. The largest absolute Gasteiger partial charge is 0.493 e. The number of amides is 1. The van der Waals surface area contributed by atoms with E-state index in [0.29, 0.717) is 24.9 Å². The summed E-state index contributed by atoms with van der Waals surface area (Å²) in [5, 5.41) is 6.43. The molecule has 0 aromatic heterocycles. The average Bonchev–Trinajstić information content (AvgIpc) is 3.05. The summed E-state index contributed by atoms with van der Waals surface area (Å²) >= 11 is 0. The molecule has 2 heterocycles. The van der Waals surface area contributed by atoms with Crippen LogP contribution in [0.3, 0.4) is 0 Å². The zero-order valence-electron chi connectivity index (χ0n) is 15.5. The fourth-order valence-electron chi connectivity index (χ4n) is 3.98. The third-order valence-electron chi connectivity index (χ3n) is 5.54. The molecule has 144 valence electrons. The van der Waals surface area contributed by atoms with E-state index >= 15 is 0 Å². The molecular weight excluding hydrogens is 333 g/mol. The van der Waals surface area contributed by atoms with Gasteiger partial charge in [-0.3, -0.25) is 4.79 Å². The maximum Gasteiger partial charge on any atom is 0.224 e. The summed E-state index contributed by atoms with van der Waals surface area (Å²) < 4.78 is 18.9. The molecule has 0 radical (unpaired) electrons. The quantitative estimate of drug-likeness (QED) is 0.778. The minimum absolute atomic E-state index is 0.0221. The Morgan fingerprint density at radius 3 is 3.08 bits per heavy atom. The molecule has 0 bridgehead atoms.